The van der Waals surface area contributed by atoms with Gasteiger partial charge in [0.25, 0.3) is 5.92 Å². The van der Waals surface area contributed by atoms with E-state index < -0.39 is 11.8 Å². The molecule has 1 fully saturated rings. The van der Waals surface area contributed by atoms with Gasteiger partial charge in [-0.25, -0.2) is 8.78 Å². The second kappa shape index (κ2) is 5.32. The second-order valence-electron chi connectivity index (χ2n) is 4.57. The molecule has 1 aromatic carbocycles. The molecule has 1 aliphatic heterocycles. The molecule has 0 aliphatic carbocycles. The molecule has 2 rings (SSSR count). The molecule has 1 aromatic rings. The normalized spacial score (nSPS) is 21.5. The molecule has 0 saturated carbocycles. The summed E-state index contributed by atoms with van der Waals surface area (Å²) in [6, 6.07) is 6.83. The molecule has 94 valence electrons. The van der Waals surface area contributed by atoms with Crippen LogP contribution in [0.1, 0.15) is 18.4 Å². The lowest BCUT2D eigenvalue weighted by Crippen LogP contribution is -2.42. The molecule has 1 aliphatic rings. The summed E-state index contributed by atoms with van der Waals surface area (Å²) in [5, 5.41) is 3.46. The summed E-state index contributed by atoms with van der Waals surface area (Å²) in [5.41, 5.74) is 0.532. The Morgan fingerprint density at radius 3 is 2.76 bits per heavy atom. The van der Waals surface area contributed by atoms with E-state index >= 15 is 0 Å². The highest BCUT2D eigenvalue weighted by molar-refractivity contribution is 6.31. The smallest absolute Gasteiger partial charge is 0.256 e. The minimum Gasteiger partial charge on any atom is -0.316 e. The van der Waals surface area contributed by atoms with Crippen LogP contribution in [0.2, 0.25) is 5.02 Å². The molecule has 0 bridgehead atoms. The first-order chi connectivity index (χ1) is 8.09. The third-order valence-corrected chi connectivity index (χ3v) is 3.65. The van der Waals surface area contributed by atoms with E-state index in [1.807, 2.05) is 0 Å². The Morgan fingerprint density at radius 1 is 1.35 bits per heavy atom. The van der Waals surface area contributed by atoms with Gasteiger partial charge in [0.1, 0.15) is 0 Å². The minimum absolute atomic E-state index is 0.265. The summed E-state index contributed by atoms with van der Waals surface area (Å²) in [5.74, 6) is -3.26. The largest absolute Gasteiger partial charge is 0.316 e. The fourth-order valence-electron chi connectivity index (χ4n) is 2.25. The molecule has 0 radical (unpaired) electrons. The Bertz CT molecular complexity index is 375. The molecule has 17 heavy (non-hydrogen) atoms. The van der Waals surface area contributed by atoms with Crippen molar-refractivity contribution in [3.05, 3.63) is 34.9 Å². The van der Waals surface area contributed by atoms with Crippen LogP contribution in [0.5, 0.6) is 0 Å². The zero-order chi connectivity index (χ0) is 12.3. The van der Waals surface area contributed by atoms with Gasteiger partial charge in [0, 0.05) is 23.9 Å². The number of nitrogens with one attached hydrogen (secondary N) is 1. The van der Waals surface area contributed by atoms with E-state index in [0.29, 0.717) is 23.6 Å². The average molecular weight is 260 g/mol. The van der Waals surface area contributed by atoms with Gasteiger partial charge >= 0.3 is 0 Å². The summed E-state index contributed by atoms with van der Waals surface area (Å²) in [4.78, 5) is 0. The van der Waals surface area contributed by atoms with Gasteiger partial charge < -0.3 is 5.32 Å². The van der Waals surface area contributed by atoms with Crippen LogP contribution in [-0.4, -0.2) is 19.0 Å². The quantitative estimate of drug-likeness (QED) is 0.876. The van der Waals surface area contributed by atoms with Crippen molar-refractivity contribution in [1.29, 1.82) is 0 Å². The Hall–Kier alpha value is -0.670. The van der Waals surface area contributed by atoms with E-state index in [2.05, 4.69) is 5.32 Å². The van der Waals surface area contributed by atoms with E-state index in [9.17, 15) is 8.78 Å². The lowest BCUT2D eigenvalue weighted by molar-refractivity contribution is -0.0646. The van der Waals surface area contributed by atoms with Crippen molar-refractivity contribution in [3.63, 3.8) is 0 Å². The van der Waals surface area contributed by atoms with Gasteiger partial charge in [-0.15, -0.1) is 0 Å². The van der Waals surface area contributed by atoms with Gasteiger partial charge in [-0.1, -0.05) is 29.8 Å². The van der Waals surface area contributed by atoms with E-state index in [1.54, 1.807) is 24.3 Å². The standard InChI is InChI=1S/C13H16ClF2N/c14-12-6-2-1-4-10(12)8-13(15,16)11-5-3-7-17-9-11/h1-2,4,6,11,17H,3,5,7-9H2. The van der Waals surface area contributed by atoms with Crippen molar-refractivity contribution in [1.82, 2.24) is 5.32 Å². The molecule has 0 aromatic heterocycles. The van der Waals surface area contributed by atoms with Gasteiger partial charge in [-0.3, -0.25) is 0 Å². The number of benzene rings is 1. The van der Waals surface area contributed by atoms with E-state index in [-0.39, 0.29) is 6.42 Å². The number of hydrogen-bond acceptors (Lipinski definition) is 1. The predicted molar refractivity (Wildman–Crippen MR) is 65.7 cm³/mol. The molecule has 0 amide bonds. The Morgan fingerprint density at radius 2 is 2.12 bits per heavy atom. The highest BCUT2D eigenvalue weighted by Crippen LogP contribution is 2.34. The van der Waals surface area contributed by atoms with Crippen LogP contribution in [0.15, 0.2) is 24.3 Å². The summed E-state index contributed by atoms with van der Waals surface area (Å²) < 4.78 is 28.2. The lowest BCUT2D eigenvalue weighted by Gasteiger charge is -2.30. The first-order valence-corrected chi connectivity index (χ1v) is 6.29. The van der Waals surface area contributed by atoms with Crippen LogP contribution in [0.4, 0.5) is 8.78 Å². The number of rotatable bonds is 3. The molecule has 1 saturated heterocycles. The van der Waals surface area contributed by atoms with Gasteiger partial charge in [0.2, 0.25) is 0 Å². The number of alkyl halides is 2. The maximum absolute atomic E-state index is 14.1. The predicted octanol–water partition coefficient (Wildman–Crippen LogP) is 3.52. The Balaban J connectivity index is 2.08. The molecule has 1 unspecified atom stereocenters. The highest BCUT2D eigenvalue weighted by Gasteiger charge is 2.40. The molecule has 0 spiro atoms. The van der Waals surface area contributed by atoms with Crippen LogP contribution >= 0.6 is 11.6 Å². The molecule has 4 heteroatoms. The average Bonchev–Trinajstić information content (AvgIpc) is 2.33. The summed E-state index contributed by atoms with van der Waals surface area (Å²) in [6.45, 7) is 1.25. The van der Waals surface area contributed by atoms with E-state index in [4.69, 9.17) is 11.6 Å². The van der Waals surface area contributed by atoms with Crippen molar-refractivity contribution < 1.29 is 8.78 Å². The van der Waals surface area contributed by atoms with Crippen molar-refractivity contribution in [2.24, 2.45) is 5.92 Å². The molecule has 1 heterocycles. The fraction of sp³-hybridized carbons (Fsp3) is 0.538. The molecular weight excluding hydrogens is 244 g/mol. The second-order valence-corrected chi connectivity index (χ2v) is 4.98. The third kappa shape index (κ3) is 3.17. The molecular formula is C13H16ClF2N. The summed E-state index contributed by atoms with van der Waals surface area (Å²) in [7, 11) is 0. The number of piperidine rings is 1. The topological polar surface area (TPSA) is 12.0 Å². The van der Waals surface area contributed by atoms with Crippen LogP contribution in [0.3, 0.4) is 0 Å². The maximum atomic E-state index is 14.1. The van der Waals surface area contributed by atoms with E-state index in [1.165, 1.54) is 0 Å². The Labute approximate surface area is 105 Å². The van der Waals surface area contributed by atoms with Gasteiger partial charge in [-0.2, -0.15) is 0 Å². The van der Waals surface area contributed by atoms with Crippen LogP contribution in [0.25, 0.3) is 0 Å². The minimum atomic E-state index is -2.68. The molecule has 1 nitrogen and oxygen atoms in total. The third-order valence-electron chi connectivity index (χ3n) is 3.28. The SMILES string of the molecule is FC(F)(Cc1ccccc1Cl)C1CCCNC1. The van der Waals surface area contributed by atoms with Crippen molar-refractivity contribution in [3.8, 4) is 0 Å². The summed E-state index contributed by atoms with van der Waals surface area (Å²) >= 11 is 5.92. The Kier molecular flexibility index (Phi) is 4.00. The number of hydrogen-bond donors (Lipinski definition) is 1. The molecule has 1 N–H and O–H groups in total. The number of halogens is 3. The fourth-order valence-corrected chi connectivity index (χ4v) is 2.45. The molecule has 1 atom stereocenters. The van der Waals surface area contributed by atoms with Gasteiger partial charge in [-0.05, 0) is 31.0 Å². The van der Waals surface area contributed by atoms with Crippen LogP contribution in [0, 0.1) is 5.92 Å². The monoisotopic (exact) mass is 259 g/mol. The van der Waals surface area contributed by atoms with Crippen molar-refractivity contribution in [2.45, 2.75) is 25.2 Å². The van der Waals surface area contributed by atoms with Crippen molar-refractivity contribution in [2.75, 3.05) is 13.1 Å². The zero-order valence-corrected chi connectivity index (χ0v) is 10.3. The highest BCUT2D eigenvalue weighted by atomic mass is 35.5. The lowest BCUT2D eigenvalue weighted by atomic mass is 9.89. The van der Waals surface area contributed by atoms with Gasteiger partial charge in [0.05, 0.1) is 0 Å². The van der Waals surface area contributed by atoms with Crippen molar-refractivity contribution >= 4 is 11.6 Å². The summed E-state index contributed by atoms with van der Waals surface area (Å²) in [6.07, 6.45) is 1.15. The first-order valence-electron chi connectivity index (χ1n) is 5.91. The zero-order valence-electron chi connectivity index (χ0n) is 9.56. The first kappa shape index (κ1) is 12.8. The van der Waals surface area contributed by atoms with Gasteiger partial charge in [0.15, 0.2) is 0 Å². The van der Waals surface area contributed by atoms with Crippen LogP contribution in [-0.2, 0) is 6.42 Å². The van der Waals surface area contributed by atoms with Crippen LogP contribution < -0.4 is 5.32 Å². The maximum Gasteiger partial charge on any atom is 0.256 e. The van der Waals surface area contributed by atoms with E-state index in [0.717, 1.165) is 13.0 Å².